The molecule has 0 spiro atoms. The highest BCUT2D eigenvalue weighted by molar-refractivity contribution is 4.96. The fourth-order valence-corrected chi connectivity index (χ4v) is 2.05. The summed E-state index contributed by atoms with van der Waals surface area (Å²) in [6, 6.07) is 1.18. The van der Waals surface area contributed by atoms with E-state index >= 15 is 0 Å². The molecule has 1 N–H and O–H groups in total. The number of hydrogen-bond donors (Lipinski definition) is 1. The Balaban J connectivity index is 2.51. The molecule has 1 aliphatic heterocycles. The van der Waals surface area contributed by atoms with E-state index < -0.39 is 0 Å². The Morgan fingerprint density at radius 2 is 2.23 bits per heavy atom. The van der Waals surface area contributed by atoms with E-state index in [-0.39, 0.29) is 6.61 Å². The van der Waals surface area contributed by atoms with Crippen molar-refractivity contribution in [2.24, 2.45) is 0 Å². The van der Waals surface area contributed by atoms with Crippen molar-refractivity contribution in [2.75, 3.05) is 13.2 Å². The Kier molecular flexibility index (Phi) is 4.46. The molecule has 1 rings (SSSR count). The van der Waals surface area contributed by atoms with Crippen molar-refractivity contribution < 1.29 is 5.11 Å². The number of aliphatic hydroxyl groups excluding tert-OH is 1. The number of hydrogen-bond acceptors (Lipinski definition) is 2. The topological polar surface area (TPSA) is 23.5 Å². The van der Waals surface area contributed by atoms with E-state index in [0.29, 0.717) is 12.1 Å². The Hall–Kier alpha value is -0.340. The highest BCUT2D eigenvalue weighted by Crippen LogP contribution is 2.20. The van der Waals surface area contributed by atoms with Crippen LogP contribution in [0.2, 0.25) is 0 Å². The van der Waals surface area contributed by atoms with Crippen LogP contribution >= 0.6 is 0 Å². The van der Waals surface area contributed by atoms with Crippen molar-refractivity contribution in [3.05, 3.63) is 12.2 Å². The maximum absolute atomic E-state index is 8.72. The molecule has 76 valence electrons. The highest BCUT2D eigenvalue weighted by Gasteiger charge is 2.21. The van der Waals surface area contributed by atoms with Crippen LogP contribution in [0.15, 0.2) is 12.2 Å². The first-order valence-electron chi connectivity index (χ1n) is 5.29. The summed E-state index contributed by atoms with van der Waals surface area (Å²) < 4.78 is 0. The zero-order valence-corrected chi connectivity index (χ0v) is 8.74. The van der Waals surface area contributed by atoms with Gasteiger partial charge in [-0.3, -0.25) is 4.90 Å². The van der Waals surface area contributed by atoms with Gasteiger partial charge in [0.2, 0.25) is 0 Å². The third-order valence-electron chi connectivity index (χ3n) is 2.72. The second-order valence-corrected chi connectivity index (χ2v) is 4.01. The van der Waals surface area contributed by atoms with E-state index in [4.69, 9.17) is 5.11 Å². The maximum Gasteiger partial charge on any atom is 0.0612 e. The summed E-state index contributed by atoms with van der Waals surface area (Å²) in [4.78, 5) is 2.51. The largest absolute Gasteiger partial charge is 0.392 e. The van der Waals surface area contributed by atoms with Crippen LogP contribution in [0.1, 0.15) is 33.1 Å². The van der Waals surface area contributed by atoms with Crippen molar-refractivity contribution >= 4 is 0 Å². The van der Waals surface area contributed by atoms with E-state index in [1.165, 1.54) is 25.8 Å². The molecule has 1 saturated heterocycles. The number of aliphatic hydroxyl groups is 1. The predicted molar refractivity (Wildman–Crippen MR) is 55.7 cm³/mol. The number of piperidine rings is 1. The molecule has 0 aromatic carbocycles. The minimum atomic E-state index is 0.169. The van der Waals surface area contributed by atoms with Gasteiger partial charge in [-0.1, -0.05) is 18.6 Å². The molecule has 1 aliphatic rings. The third-order valence-corrected chi connectivity index (χ3v) is 2.72. The second kappa shape index (κ2) is 5.40. The molecule has 1 unspecified atom stereocenters. The van der Waals surface area contributed by atoms with Crippen molar-refractivity contribution in [3.63, 3.8) is 0 Å². The lowest BCUT2D eigenvalue weighted by molar-refractivity contribution is 0.140. The Bertz CT molecular complexity index is 165. The molecular formula is C11H21NO. The molecule has 0 aliphatic carbocycles. The van der Waals surface area contributed by atoms with E-state index in [1.807, 2.05) is 6.08 Å². The molecule has 2 heteroatoms. The van der Waals surface area contributed by atoms with Gasteiger partial charge in [-0.15, -0.1) is 0 Å². The summed E-state index contributed by atoms with van der Waals surface area (Å²) in [6.07, 6.45) is 7.91. The predicted octanol–water partition coefficient (Wildman–Crippen LogP) is 1.80. The molecule has 13 heavy (non-hydrogen) atoms. The molecular weight excluding hydrogens is 162 g/mol. The monoisotopic (exact) mass is 183 g/mol. The number of nitrogens with zero attached hydrogens (tertiary/aromatic N) is 1. The van der Waals surface area contributed by atoms with E-state index in [0.717, 1.165) is 0 Å². The van der Waals surface area contributed by atoms with Crippen molar-refractivity contribution in [1.29, 1.82) is 0 Å². The quantitative estimate of drug-likeness (QED) is 0.674. The van der Waals surface area contributed by atoms with Gasteiger partial charge in [0.05, 0.1) is 6.61 Å². The molecule has 2 nitrogen and oxygen atoms in total. The molecule has 0 aromatic rings. The Morgan fingerprint density at radius 1 is 1.46 bits per heavy atom. The van der Waals surface area contributed by atoms with Gasteiger partial charge in [-0.05, 0) is 33.2 Å². The van der Waals surface area contributed by atoms with Crippen LogP contribution in [-0.4, -0.2) is 35.2 Å². The smallest absolute Gasteiger partial charge is 0.0612 e. The van der Waals surface area contributed by atoms with E-state index in [1.54, 1.807) is 0 Å². The summed E-state index contributed by atoms with van der Waals surface area (Å²) in [5.74, 6) is 0. The first-order chi connectivity index (χ1) is 6.25. The summed E-state index contributed by atoms with van der Waals surface area (Å²) in [5, 5.41) is 8.72. The summed E-state index contributed by atoms with van der Waals surface area (Å²) in [5.41, 5.74) is 0. The average Bonchev–Trinajstić information content (AvgIpc) is 2.15. The van der Waals surface area contributed by atoms with Crippen LogP contribution in [0.3, 0.4) is 0 Å². The summed E-state index contributed by atoms with van der Waals surface area (Å²) in [6.45, 7) is 5.86. The lowest BCUT2D eigenvalue weighted by atomic mass is 10.00. The molecule has 0 radical (unpaired) electrons. The normalized spacial score (nSPS) is 26.0. The van der Waals surface area contributed by atoms with Gasteiger partial charge >= 0.3 is 0 Å². The number of rotatable bonds is 3. The van der Waals surface area contributed by atoms with Gasteiger partial charge in [0.25, 0.3) is 0 Å². The maximum atomic E-state index is 8.72. The molecule has 1 fully saturated rings. The standard InChI is InChI=1S/C11H21NO/c1-10(2)12-8-4-3-6-11(12)7-5-9-13/h5,7,10-11,13H,3-4,6,8-9H2,1-2H3/b7-5-. The molecule has 0 amide bonds. The minimum absolute atomic E-state index is 0.169. The first-order valence-corrected chi connectivity index (χ1v) is 5.29. The Morgan fingerprint density at radius 3 is 2.85 bits per heavy atom. The lowest BCUT2D eigenvalue weighted by Gasteiger charge is -2.37. The van der Waals surface area contributed by atoms with Crippen LogP contribution in [-0.2, 0) is 0 Å². The van der Waals surface area contributed by atoms with Crippen LogP contribution < -0.4 is 0 Å². The highest BCUT2D eigenvalue weighted by atomic mass is 16.2. The Labute approximate surface area is 81.2 Å². The third kappa shape index (κ3) is 3.12. The molecule has 0 saturated carbocycles. The summed E-state index contributed by atoms with van der Waals surface area (Å²) >= 11 is 0. The van der Waals surface area contributed by atoms with Crippen LogP contribution in [0.4, 0.5) is 0 Å². The molecule has 1 heterocycles. The van der Waals surface area contributed by atoms with Crippen LogP contribution in [0.25, 0.3) is 0 Å². The van der Waals surface area contributed by atoms with Gasteiger partial charge in [-0.25, -0.2) is 0 Å². The minimum Gasteiger partial charge on any atom is -0.392 e. The van der Waals surface area contributed by atoms with Gasteiger partial charge in [-0.2, -0.15) is 0 Å². The lowest BCUT2D eigenvalue weighted by Crippen LogP contribution is -2.42. The molecule has 0 aromatic heterocycles. The van der Waals surface area contributed by atoms with Crippen molar-refractivity contribution in [1.82, 2.24) is 4.90 Å². The zero-order chi connectivity index (χ0) is 9.68. The van der Waals surface area contributed by atoms with E-state index in [9.17, 15) is 0 Å². The average molecular weight is 183 g/mol. The van der Waals surface area contributed by atoms with Crippen molar-refractivity contribution in [2.45, 2.75) is 45.2 Å². The zero-order valence-electron chi connectivity index (χ0n) is 8.74. The van der Waals surface area contributed by atoms with Gasteiger partial charge in [0, 0.05) is 12.1 Å². The SMILES string of the molecule is CC(C)N1CCCCC1/C=C\CO. The van der Waals surface area contributed by atoms with Gasteiger partial charge in [0.15, 0.2) is 0 Å². The fraction of sp³-hybridized carbons (Fsp3) is 0.818. The second-order valence-electron chi connectivity index (χ2n) is 4.01. The fourth-order valence-electron chi connectivity index (χ4n) is 2.05. The van der Waals surface area contributed by atoms with E-state index in [2.05, 4.69) is 24.8 Å². The first kappa shape index (κ1) is 10.7. The van der Waals surface area contributed by atoms with Crippen LogP contribution in [0.5, 0.6) is 0 Å². The molecule has 1 atom stereocenters. The van der Waals surface area contributed by atoms with Gasteiger partial charge < -0.3 is 5.11 Å². The van der Waals surface area contributed by atoms with Crippen LogP contribution in [0, 0.1) is 0 Å². The van der Waals surface area contributed by atoms with Crippen molar-refractivity contribution in [3.8, 4) is 0 Å². The van der Waals surface area contributed by atoms with Gasteiger partial charge in [0.1, 0.15) is 0 Å². The summed E-state index contributed by atoms with van der Waals surface area (Å²) in [7, 11) is 0. The molecule has 0 bridgehead atoms. The number of likely N-dealkylation sites (tertiary alicyclic amines) is 1.